The molecular weight excluding hydrogens is 787 g/mol. The molecule has 3 heterocycles. The fraction of sp³-hybridized carbons (Fsp3) is 0.311. The number of nitrogens with zero attached hydrogens (tertiary/aromatic N) is 2. The zero-order valence-electron chi connectivity index (χ0n) is 39.0. The average Bonchev–Trinajstić information content (AvgIpc) is 4.04. The fourth-order valence-electron chi connectivity index (χ4n) is 13.1. The van der Waals surface area contributed by atoms with Crippen LogP contribution in [0.25, 0.3) is 32.9 Å². The summed E-state index contributed by atoms with van der Waals surface area (Å²) < 4.78 is 7.48. The van der Waals surface area contributed by atoms with Crippen molar-refractivity contribution in [3.63, 3.8) is 0 Å². The minimum absolute atomic E-state index is 0.0278. The monoisotopic (exact) mass is 846 g/mol. The van der Waals surface area contributed by atoms with Crippen LogP contribution in [0.3, 0.4) is 0 Å². The molecule has 1 spiro atoms. The van der Waals surface area contributed by atoms with Crippen molar-refractivity contribution in [2.45, 2.75) is 121 Å². The number of benzene rings is 7. The summed E-state index contributed by atoms with van der Waals surface area (Å²) in [5, 5.41) is 3.72. The number of furan rings is 1. The molecule has 0 unspecified atom stereocenters. The van der Waals surface area contributed by atoms with E-state index in [4.69, 9.17) is 4.42 Å². The first-order valence-corrected chi connectivity index (χ1v) is 24.7. The normalized spacial score (nSPS) is 17.4. The standard InChI is InChI=1S/C61H59BN2O/c1-59(2,3)42-27-30-54-46(36-42)57-58(65-54)62-49-29-26-43(60(4,5)6)37-51(49)63(44-28-25-39-19-10-11-20-40(39)33-44)52-34-41(38-17-8-7-9-18-38)35-53(56(52)62)64(57)50-24-16-23-48-55(50)45-21-12-13-22-47(45)61(48)31-14-15-32-61/h10-13,16,19-30,33-38H,7-9,14-15,17-18,31-32H2,1-6H3. The van der Waals surface area contributed by atoms with Crippen LogP contribution in [0.15, 0.2) is 138 Å². The summed E-state index contributed by atoms with van der Waals surface area (Å²) in [7, 11) is 0. The van der Waals surface area contributed by atoms with Crippen molar-refractivity contribution in [3.8, 4) is 11.1 Å². The third kappa shape index (κ3) is 5.74. The first-order valence-electron chi connectivity index (χ1n) is 24.7. The first-order chi connectivity index (χ1) is 31.5. The molecule has 0 N–H and O–H groups in total. The van der Waals surface area contributed by atoms with E-state index in [0.29, 0.717) is 5.92 Å². The molecule has 1 aromatic heterocycles. The third-order valence-electron chi connectivity index (χ3n) is 16.5. The van der Waals surface area contributed by atoms with Gasteiger partial charge in [0, 0.05) is 39.1 Å². The largest absolute Gasteiger partial charge is 0.468 e. The van der Waals surface area contributed by atoms with E-state index in [-0.39, 0.29) is 23.0 Å². The lowest BCUT2D eigenvalue weighted by molar-refractivity contribution is 0.444. The Morgan fingerprint density at radius 3 is 2.05 bits per heavy atom. The van der Waals surface area contributed by atoms with Crippen molar-refractivity contribution < 1.29 is 4.42 Å². The maximum atomic E-state index is 7.48. The molecule has 0 amide bonds. The van der Waals surface area contributed by atoms with E-state index in [1.807, 2.05) is 0 Å². The van der Waals surface area contributed by atoms with Gasteiger partial charge in [-0.05, 0) is 146 Å². The van der Waals surface area contributed by atoms with Crippen molar-refractivity contribution in [1.29, 1.82) is 0 Å². The first kappa shape index (κ1) is 39.4. The Morgan fingerprint density at radius 1 is 0.569 bits per heavy atom. The molecule has 322 valence electrons. The van der Waals surface area contributed by atoms with Gasteiger partial charge in [-0.2, -0.15) is 0 Å². The van der Waals surface area contributed by atoms with E-state index < -0.39 is 0 Å². The Bertz CT molecular complexity index is 3250. The summed E-state index contributed by atoms with van der Waals surface area (Å²) in [6.07, 6.45) is 11.3. The molecular formula is C61H59BN2O. The topological polar surface area (TPSA) is 19.6 Å². The highest BCUT2D eigenvalue weighted by Crippen LogP contribution is 2.61. The van der Waals surface area contributed by atoms with Gasteiger partial charge in [0.15, 0.2) is 0 Å². The molecule has 0 saturated heterocycles. The van der Waals surface area contributed by atoms with Crippen molar-refractivity contribution in [1.82, 2.24) is 0 Å². The summed E-state index contributed by atoms with van der Waals surface area (Å²) >= 11 is 0. The van der Waals surface area contributed by atoms with Crippen LogP contribution in [0.5, 0.6) is 0 Å². The van der Waals surface area contributed by atoms with Gasteiger partial charge in [-0.15, -0.1) is 0 Å². The highest BCUT2D eigenvalue weighted by molar-refractivity contribution is 7.00. The fourth-order valence-corrected chi connectivity index (χ4v) is 13.1. The molecule has 5 aliphatic rings. The highest BCUT2D eigenvalue weighted by atomic mass is 16.3. The zero-order valence-corrected chi connectivity index (χ0v) is 39.0. The average molecular weight is 847 g/mol. The van der Waals surface area contributed by atoms with Crippen LogP contribution in [-0.2, 0) is 16.2 Å². The lowest BCUT2D eigenvalue weighted by Crippen LogP contribution is -2.61. The van der Waals surface area contributed by atoms with Crippen LogP contribution < -0.4 is 26.4 Å². The van der Waals surface area contributed by atoms with Crippen LogP contribution in [0.2, 0.25) is 0 Å². The second kappa shape index (κ2) is 14.0. The lowest BCUT2D eigenvalue weighted by Gasteiger charge is -2.44. The van der Waals surface area contributed by atoms with E-state index in [1.54, 1.807) is 0 Å². The SMILES string of the molecule is CC(C)(C)c1ccc2c(c1)N(c1ccc3ccccc3c1)c1cc(C3CCCCC3)cc3c1B2c1oc2ccc(C(C)(C)C)cc2c1N3c1cccc2c1-c1ccccc1C21CCCC1. The molecule has 65 heavy (non-hydrogen) atoms. The second-order valence-electron chi connectivity index (χ2n) is 22.3. The molecule has 3 aliphatic carbocycles. The number of hydrogen-bond acceptors (Lipinski definition) is 3. The van der Waals surface area contributed by atoms with Crippen molar-refractivity contribution in [2.24, 2.45) is 0 Å². The zero-order chi connectivity index (χ0) is 44.0. The van der Waals surface area contributed by atoms with Gasteiger partial charge in [0.25, 0.3) is 6.71 Å². The number of fused-ring (bicyclic) bond motifs is 12. The Kier molecular flexibility index (Phi) is 8.49. The smallest absolute Gasteiger partial charge is 0.297 e. The molecule has 4 heteroatoms. The molecule has 0 radical (unpaired) electrons. The van der Waals surface area contributed by atoms with Gasteiger partial charge in [0.1, 0.15) is 5.58 Å². The third-order valence-corrected chi connectivity index (χ3v) is 16.5. The maximum absolute atomic E-state index is 7.48. The molecule has 0 bridgehead atoms. The van der Waals surface area contributed by atoms with Gasteiger partial charge in [0.2, 0.25) is 0 Å². The van der Waals surface area contributed by atoms with Crippen LogP contribution in [0, 0.1) is 0 Å². The second-order valence-corrected chi connectivity index (χ2v) is 22.3. The Balaban J connectivity index is 1.17. The van der Waals surface area contributed by atoms with E-state index >= 15 is 0 Å². The molecule has 3 nitrogen and oxygen atoms in total. The summed E-state index contributed by atoms with van der Waals surface area (Å²) in [6, 6.07) is 52.3. The minimum Gasteiger partial charge on any atom is -0.468 e. The maximum Gasteiger partial charge on any atom is 0.297 e. The molecule has 7 aromatic carbocycles. The molecule has 8 aromatic rings. The minimum atomic E-state index is -0.0944. The van der Waals surface area contributed by atoms with Gasteiger partial charge in [-0.1, -0.05) is 159 Å². The van der Waals surface area contributed by atoms with Crippen molar-refractivity contribution >= 4 is 79.2 Å². The molecule has 2 saturated carbocycles. The van der Waals surface area contributed by atoms with Crippen LogP contribution in [0.4, 0.5) is 34.1 Å². The summed E-state index contributed by atoms with van der Waals surface area (Å²) in [4.78, 5) is 5.35. The van der Waals surface area contributed by atoms with E-state index in [1.165, 1.54) is 158 Å². The number of hydrogen-bond donors (Lipinski definition) is 0. The predicted octanol–water partition coefficient (Wildman–Crippen LogP) is 15.2. The Morgan fingerprint density at radius 2 is 1.26 bits per heavy atom. The summed E-state index contributed by atoms with van der Waals surface area (Å²) in [5.74, 6) is 0.505. The Labute approximate surface area is 385 Å². The quantitative estimate of drug-likeness (QED) is 0.165. The van der Waals surface area contributed by atoms with E-state index in [9.17, 15) is 0 Å². The summed E-state index contributed by atoms with van der Waals surface area (Å²) in [6.45, 7) is 14.0. The lowest BCUT2D eigenvalue weighted by atomic mass is 9.35. The van der Waals surface area contributed by atoms with E-state index in [2.05, 4.69) is 185 Å². The Hall–Kier alpha value is -6.00. The molecule has 2 aliphatic heterocycles. The highest BCUT2D eigenvalue weighted by Gasteiger charge is 2.50. The van der Waals surface area contributed by atoms with Crippen molar-refractivity contribution in [3.05, 3.63) is 161 Å². The van der Waals surface area contributed by atoms with Gasteiger partial charge in [0.05, 0.1) is 17.0 Å². The summed E-state index contributed by atoms with van der Waals surface area (Å²) in [5.41, 5.74) is 22.1. The van der Waals surface area contributed by atoms with Crippen LogP contribution >= 0.6 is 0 Å². The van der Waals surface area contributed by atoms with Gasteiger partial charge in [-0.3, -0.25) is 0 Å². The van der Waals surface area contributed by atoms with Crippen LogP contribution in [0.1, 0.15) is 133 Å². The van der Waals surface area contributed by atoms with Crippen LogP contribution in [-0.4, -0.2) is 6.71 Å². The number of anilines is 6. The predicted molar refractivity (Wildman–Crippen MR) is 276 cm³/mol. The van der Waals surface area contributed by atoms with E-state index in [0.717, 1.165) is 11.2 Å². The molecule has 0 atom stereocenters. The van der Waals surface area contributed by atoms with Gasteiger partial charge >= 0.3 is 0 Å². The van der Waals surface area contributed by atoms with Gasteiger partial charge < -0.3 is 14.2 Å². The van der Waals surface area contributed by atoms with Crippen molar-refractivity contribution in [2.75, 3.05) is 9.80 Å². The molecule has 13 rings (SSSR count). The molecule has 2 fully saturated rings. The van der Waals surface area contributed by atoms with Gasteiger partial charge in [-0.25, -0.2) is 0 Å². The number of rotatable bonds is 3.